The highest BCUT2D eigenvalue weighted by molar-refractivity contribution is 7.22. The molecule has 0 spiro atoms. The number of aryl methyl sites for hydroxylation is 1. The Morgan fingerprint density at radius 2 is 2.21 bits per heavy atom. The van der Waals surface area contributed by atoms with Crippen molar-refractivity contribution in [3.8, 4) is 0 Å². The first-order valence-electron chi connectivity index (χ1n) is 9.10. The maximum atomic E-state index is 14.2. The average Bonchev–Trinajstić information content (AvgIpc) is 3.38. The minimum absolute atomic E-state index is 0.0403. The SMILES string of the molecule is Cc1ccc2nc(NC(=O)[C@@H]3CC(=O)N(c4n[nH]c5cccc(F)c45)C3)sc2c1. The van der Waals surface area contributed by atoms with Gasteiger partial charge in [-0.15, -0.1) is 0 Å². The van der Waals surface area contributed by atoms with Gasteiger partial charge in [-0.2, -0.15) is 5.10 Å². The summed E-state index contributed by atoms with van der Waals surface area (Å²) in [5, 5.41) is 10.4. The summed E-state index contributed by atoms with van der Waals surface area (Å²) in [6.07, 6.45) is 0.0403. The molecule has 0 radical (unpaired) electrons. The van der Waals surface area contributed by atoms with Crippen molar-refractivity contribution in [1.82, 2.24) is 15.2 Å². The van der Waals surface area contributed by atoms with Crippen LogP contribution in [0.4, 0.5) is 15.3 Å². The molecule has 1 aliphatic heterocycles. The molecule has 9 heteroatoms. The number of H-pyrrole nitrogens is 1. The molecule has 2 aromatic heterocycles. The van der Waals surface area contributed by atoms with Crippen LogP contribution in [-0.2, 0) is 9.59 Å². The van der Waals surface area contributed by atoms with Crippen LogP contribution in [0, 0.1) is 18.7 Å². The number of carbonyl (C=O) groups is 2. The molecule has 0 bridgehead atoms. The number of carbonyl (C=O) groups excluding carboxylic acids is 2. The molecule has 1 fully saturated rings. The summed E-state index contributed by atoms with van der Waals surface area (Å²) < 4.78 is 15.2. The molecule has 2 aromatic carbocycles. The van der Waals surface area contributed by atoms with E-state index in [9.17, 15) is 14.0 Å². The van der Waals surface area contributed by atoms with Gasteiger partial charge in [-0.25, -0.2) is 9.37 Å². The quantitative estimate of drug-likeness (QED) is 0.541. The largest absolute Gasteiger partial charge is 0.302 e. The van der Waals surface area contributed by atoms with Gasteiger partial charge in [0.1, 0.15) is 5.82 Å². The lowest BCUT2D eigenvalue weighted by molar-refractivity contribution is -0.122. The fraction of sp³-hybridized carbons (Fsp3) is 0.200. The summed E-state index contributed by atoms with van der Waals surface area (Å²) in [7, 11) is 0. The van der Waals surface area contributed by atoms with Gasteiger partial charge in [-0.05, 0) is 36.8 Å². The molecule has 0 saturated carbocycles. The van der Waals surface area contributed by atoms with Gasteiger partial charge in [0.2, 0.25) is 11.8 Å². The average molecular weight is 409 g/mol. The molecule has 1 saturated heterocycles. The van der Waals surface area contributed by atoms with E-state index >= 15 is 0 Å². The molecule has 7 nitrogen and oxygen atoms in total. The van der Waals surface area contributed by atoms with Crippen LogP contribution < -0.4 is 10.2 Å². The number of hydrogen-bond donors (Lipinski definition) is 2. The van der Waals surface area contributed by atoms with Crippen molar-refractivity contribution in [2.45, 2.75) is 13.3 Å². The highest BCUT2D eigenvalue weighted by atomic mass is 32.1. The summed E-state index contributed by atoms with van der Waals surface area (Å²) in [6, 6.07) is 10.5. The van der Waals surface area contributed by atoms with Crippen molar-refractivity contribution in [3.63, 3.8) is 0 Å². The molecular formula is C20H16FN5O2S. The van der Waals surface area contributed by atoms with Gasteiger partial charge >= 0.3 is 0 Å². The Kier molecular flexibility index (Phi) is 4.06. The van der Waals surface area contributed by atoms with E-state index in [1.165, 1.54) is 22.3 Å². The number of benzene rings is 2. The summed E-state index contributed by atoms with van der Waals surface area (Å²) in [6.45, 7) is 2.14. The van der Waals surface area contributed by atoms with Crippen LogP contribution >= 0.6 is 11.3 Å². The topological polar surface area (TPSA) is 91.0 Å². The summed E-state index contributed by atoms with van der Waals surface area (Å²) in [5.74, 6) is -1.35. The molecule has 0 aliphatic carbocycles. The number of thiazole rings is 1. The standard InChI is InChI=1S/C20H16FN5O2S/c1-10-5-6-13-15(7-10)29-20(22-13)23-19(28)11-8-16(27)26(9-11)18-17-12(21)3-2-4-14(17)24-25-18/h2-7,11H,8-9H2,1H3,(H,24,25)(H,22,23,28)/t11-/m1/s1. The lowest BCUT2D eigenvalue weighted by Crippen LogP contribution is -2.28. The minimum atomic E-state index is -0.560. The van der Waals surface area contributed by atoms with Gasteiger partial charge in [0.15, 0.2) is 10.9 Å². The van der Waals surface area contributed by atoms with Gasteiger partial charge < -0.3 is 5.32 Å². The predicted octanol–water partition coefficient (Wildman–Crippen LogP) is 3.61. The Labute approximate surface area is 168 Å². The van der Waals surface area contributed by atoms with E-state index in [2.05, 4.69) is 20.5 Å². The van der Waals surface area contributed by atoms with Gasteiger partial charge in [-0.3, -0.25) is 19.6 Å². The van der Waals surface area contributed by atoms with Crippen molar-refractivity contribution in [2.24, 2.45) is 5.92 Å². The summed E-state index contributed by atoms with van der Waals surface area (Å²) in [5.41, 5.74) is 2.44. The van der Waals surface area contributed by atoms with Gasteiger partial charge in [0.25, 0.3) is 0 Å². The summed E-state index contributed by atoms with van der Waals surface area (Å²) >= 11 is 1.39. The first-order valence-corrected chi connectivity index (χ1v) is 9.92. The zero-order chi connectivity index (χ0) is 20.1. The Hall–Kier alpha value is -3.33. The number of aromatic nitrogens is 3. The molecule has 2 amide bonds. The third-order valence-electron chi connectivity index (χ3n) is 5.05. The highest BCUT2D eigenvalue weighted by Gasteiger charge is 2.37. The molecule has 146 valence electrons. The number of rotatable bonds is 3. The van der Waals surface area contributed by atoms with Crippen molar-refractivity contribution in [3.05, 3.63) is 47.8 Å². The van der Waals surface area contributed by atoms with E-state index in [-0.39, 0.29) is 36.0 Å². The normalized spacial score (nSPS) is 16.8. The molecule has 29 heavy (non-hydrogen) atoms. The molecule has 1 atom stereocenters. The number of hydrogen-bond acceptors (Lipinski definition) is 5. The van der Waals surface area contributed by atoms with Crippen LogP contribution in [0.5, 0.6) is 0 Å². The van der Waals surface area contributed by atoms with E-state index in [0.29, 0.717) is 10.6 Å². The molecule has 4 aromatic rings. The second-order valence-electron chi connectivity index (χ2n) is 7.09. The second-order valence-corrected chi connectivity index (χ2v) is 8.13. The van der Waals surface area contributed by atoms with Crippen LogP contribution in [0.1, 0.15) is 12.0 Å². The van der Waals surface area contributed by atoms with E-state index in [1.807, 2.05) is 25.1 Å². The van der Waals surface area contributed by atoms with Crippen LogP contribution in [0.3, 0.4) is 0 Å². The molecule has 2 N–H and O–H groups in total. The second kappa shape index (κ2) is 6.63. The Morgan fingerprint density at radius 3 is 3.07 bits per heavy atom. The molecule has 0 unspecified atom stereocenters. The fourth-order valence-electron chi connectivity index (χ4n) is 3.59. The van der Waals surface area contributed by atoms with Crippen LogP contribution in [0.2, 0.25) is 0 Å². The molecule has 3 heterocycles. The van der Waals surface area contributed by atoms with Crippen LogP contribution in [0.15, 0.2) is 36.4 Å². The number of nitrogens with zero attached hydrogens (tertiary/aromatic N) is 3. The van der Waals surface area contributed by atoms with E-state index in [0.717, 1.165) is 15.8 Å². The lowest BCUT2D eigenvalue weighted by Gasteiger charge is -2.14. The van der Waals surface area contributed by atoms with Crippen molar-refractivity contribution >= 4 is 55.2 Å². The number of amides is 2. The molecule has 5 rings (SSSR count). The summed E-state index contributed by atoms with van der Waals surface area (Å²) in [4.78, 5) is 31.0. The van der Waals surface area contributed by atoms with Crippen molar-refractivity contribution in [1.29, 1.82) is 0 Å². The first kappa shape index (κ1) is 17.7. The first-order chi connectivity index (χ1) is 14.0. The van der Waals surface area contributed by atoms with E-state index < -0.39 is 11.7 Å². The Bertz CT molecular complexity index is 1280. The minimum Gasteiger partial charge on any atom is -0.302 e. The van der Waals surface area contributed by atoms with Crippen LogP contribution in [-0.4, -0.2) is 33.5 Å². The van der Waals surface area contributed by atoms with Gasteiger partial charge in [0, 0.05) is 13.0 Å². The van der Waals surface area contributed by atoms with Crippen molar-refractivity contribution in [2.75, 3.05) is 16.8 Å². The third kappa shape index (κ3) is 3.03. The Balaban J connectivity index is 1.37. The number of aromatic amines is 1. The number of nitrogens with one attached hydrogen (secondary N) is 2. The molecular weight excluding hydrogens is 393 g/mol. The van der Waals surface area contributed by atoms with E-state index in [1.54, 1.807) is 12.1 Å². The number of anilines is 2. The fourth-order valence-corrected chi connectivity index (χ4v) is 4.56. The monoisotopic (exact) mass is 409 g/mol. The predicted molar refractivity (Wildman–Crippen MR) is 109 cm³/mol. The van der Waals surface area contributed by atoms with Crippen LogP contribution in [0.25, 0.3) is 21.1 Å². The maximum Gasteiger partial charge on any atom is 0.231 e. The zero-order valence-corrected chi connectivity index (χ0v) is 16.2. The number of fused-ring (bicyclic) bond motifs is 2. The van der Waals surface area contributed by atoms with Crippen molar-refractivity contribution < 1.29 is 14.0 Å². The third-order valence-corrected chi connectivity index (χ3v) is 5.98. The van der Waals surface area contributed by atoms with Gasteiger partial charge in [-0.1, -0.05) is 23.5 Å². The van der Waals surface area contributed by atoms with Gasteiger partial charge in [0.05, 0.1) is 27.0 Å². The lowest BCUT2D eigenvalue weighted by atomic mass is 10.1. The maximum absolute atomic E-state index is 14.2. The molecule has 1 aliphatic rings. The zero-order valence-electron chi connectivity index (χ0n) is 15.4. The van der Waals surface area contributed by atoms with E-state index in [4.69, 9.17) is 0 Å². The Morgan fingerprint density at radius 1 is 1.34 bits per heavy atom. The number of halogens is 1. The smallest absolute Gasteiger partial charge is 0.231 e. The highest BCUT2D eigenvalue weighted by Crippen LogP contribution is 2.32.